The second-order valence-electron chi connectivity index (χ2n) is 6.35. The van der Waals surface area contributed by atoms with E-state index in [1.807, 2.05) is 17.9 Å². The van der Waals surface area contributed by atoms with Gasteiger partial charge in [-0.25, -0.2) is 0 Å². The third-order valence-corrected chi connectivity index (χ3v) is 4.93. The van der Waals surface area contributed by atoms with E-state index >= 15 is 0 Å². The van der Waals surface area contributed by atoms with Crippen molar-refractivity contribution in [3.63, 3.8) is 0 Å². The van der Waals surface area contributed by atoms with Crippen LogP contribution < -0.4 is 0 Å². The summed E-state index contributed by atoms with van der Waals surface area (Å²) >= 11 is 5.36. The molecule has 1 saturated heterocycles. The fourth-order valence-electron chi connectivity index (χ4n) is 3.27. The molecular formula is C16H24N4OS. The number of likely N-dealkylation sites (tertiary alicyclic amines) is 1. The van der Waals surface area contributed by atoms with E-state index in [1.165, 1.54) is 12.8 Å². The van der Waals surface area contributed by atoms with Crippen molar-refractivity contribution in [2.45, 2.75) is 57.9 Å². The fourth-order valence-corrected chi connectivity index (χ4v) is 3.56. The van der Waals surface area contributed by atoms with Crippen LogP contribution in [0.1, 0.15) is 63.7 Å². The Morgan fingerprint density at radius 1 is 1.36 bits per heavy atom. The van der Waals surface area contributed by atoms with Crippen molar-refractivity contribution in [3.8, 4) is 0 Å². The van der Waals surface area contributed by atoms with Gasteiger partial charge < -0.3 is 9.47 Å². The van der Waals surface area contributed by atoms with Crippen molar-refractivity contribution in [2.24, 2.45) is 0 Å². The fraction of sp³-hybridized carbons (Fsp3) is 0.688. The number of carbonyl (C=O) groups excluding carboxylic acids is 1. The van der Waals surface area contributed by atoms with Gasteiger partial charge in [0.15, 0.2) is 4.77 Å². The van der Waals surface area contributed by atoms with Gasteiger partial charge in [0, 0.05) is 30.6 Å². The molecule has 0 radical (unpaired) electrons. The number of aromatic amines is 1. The van der Waals surface area contributed by atoms with Crippen LogP contribution >= 0.6 is 12.2 Å². The van der Waals surface area contributed by atoms with Crippen LogP contribution in [0.3, 0.4) is 0 Å². The van der Waals surface area contributed by atoms with Crippen LogP contribution in [-0.4, -0.2) is 38.7 Å². The molecule has 2 fully saturated rings. The average molecular weight is 320 g/mol. The van der Waals surface area contributed by atoms with Crippen LogP contribution in [0.25, 0.3) is 0 Å². The molecule has 1 aromatic heterocycles. The second kappa shape index (κ2) is 6.36. The zero-order valence-corrected chi connectivity index (χ0v) is 14.2. The molecule has 0 atom stereocenters. The number of nitrogens with zero attached hydrogens (tertiary/aromatic N) is 3. The summed E-state index contributed by atoms with van der Waals surface area (Å²) in [4.78, 5) is 14.3. The van der Waals surface area contributed by atoms with Gasteiger partial charge in [0.1, 0.15) is 5.82 Å². The highest BCUT2D eigenvalue weighted by molar-refractivity contribution is 7.71. The molecule has 0 spiro atoms. The van der Waals surface area contributed by atoms with Crippen molar-refractivity contribution >= 4 is 18.1 Å². The maximum absolute atomic E-state index is 12.3. The summed E-state index contributed by atoms with van der Waals surface area (Å²) in [6.07, 6.45) is 7.27. The molecule has 2 aliphatic rings. The minimum absolute atomic E-state index is 0.182. The zero-order chi connectivity index (χ0) is 15.7. The number of rotatable bonds is 4. The highest BCUT2D eigenvalue weighted by atomic mass is 32.1. The van der Waals surface area contributed by atoms with Gasteiger partial charge in [0.2, 0.25) is 5.91 Å². The molecule has 1 amide bonds. The largest absolute Gasteiger partial charge is 0.339 e. The van der Waals surface area contributed by atoms with Crippen molar-refractivity contribution < 1.29 is 4.79 Å². The summed E-state index contributed by atoms with van der Waals surface area (Å²) in [5, 5.41) is 7.42. The summed E-state index contributed by atoms with van der Waals surface area (Å²) in [5.74, 6) is 1.69. The third-order valence-electron chi connectivity index (χ3n) is 4.64. The van der Waals surface area contributed by atoms with Crippen molar-refractivity contribution in [3.05, 3.63) is 22.2 Å². The van der Waals surface area contributed by atoms with Gasteiger partial charge >= 0.3 is 0 Å². The van der Waals surface area contributed by atoms with E-state index in [-0.39, 0.29) is 5.91 Å². The van der Waals surface area contributed by atoms with Crippen LogP contribution in [0.4, 0.5) is 0 Å². The lowest BCUT2D eigenvalue weighted by Gasteiger charge is -2.32. The Labute approximate surface area is 136 Å². The number of hydrogen-bond acceptors (Lipinski definition) is 3. The lowest BCUT2D eigenvalue weighted by atomic mass is 9.95. The van der Waals surface area contributed by atoms with E-state index < -0.39 is 0 Å². The van der Waals surface area contributed by atoms with Gasteiger partial charge in [0.25, 0.3) is 0 Å². The van der Waals surface area contributed by atoms with E-state index in [4.69, 9.17) is 12.2 Å². The topological polar surface area (TPSA) is 53.9 Å². The monoisotopic (exact) mass is 320 g/mol. The van der Waals surface area contributed by atoms with Crippen LogP contribution in [0.5, 0.6) is 0 Å². The normalized spacial score (nSPS) is 20.5. The van der Waals surface area contributed by atoms with Gasteiger partial charge in [-0.2, -0.15) is 5.10 Å². The lowest BCUT2D eigenvalue weighted by molar-refractivity contribution is -0.128. The molecule has 6 heteroatoms. The van der Waals surface area contributed by atoms with E-state index in [2.05, 4.69) is 21.7 Å². The average Bonchev–Trinajstić information content (AvgIpc) is 3.29. The van der Waals surface area contributed by atoms with Gasteiger partial charge in [-0.3, -0.25) is 9.89 Å². The van der Waals surface area contributed by atoms with Crippen LogP contribution in [0.15, 0.2) is 11.6 Å². The first-order valence-corrected chi connectivity index (χ1v) is 8.65. The number of carbonyl (C=O) groups is 1. The van der Waals surface area contributed by atoms with Gasteiger partial charge in [-0.05, 0) is 51.2 Å². The highest BCUT2D eigenvalue weighted by Crippen LogP contribution is 2.39. The summed E-state index contributed by atoms with van der Waals surface area (Å²) < 4.78 is 2.96. The Kier molecular flexibility index (Phi) is 4.47. The summed E-state index contributed by atoms with van der Waals surface area (Å²) in [5.41, 5.74) is 0.863. The molecule has 1 N–H and O–H groups in total. The SMILES string of the molecule is CCC=C(C)C(=O)N1CCC(c2n[nH]c(=S)n2C2CC2)CC1. The maximum atomic E-state index is 12.3. The number of piperidine rings is 1. The second-order valence-corrected chi connectivity index (χ2v) is 6.74. The number of aromatic nitrogens is 3. The van der Waals surface area contributed by atoms with E-state index in [0.717, 1.165) is 48.5 Å². The van der Waals surface area contributed by atoms with Crippen molar-refractivity contribution in [1.29, 1.82) is 0 Å². The van der Waals surface area contributed by atoms with Gasteiger partial charge in [-0.15, -0.1) is 0 Å². The minimum Gasteiger partial charge on any atom is -0.339 e. The quantitative estimate of drug-likeness (QED) is 0.684. The molecule has 0 aromatic carbocycles. The molecule has 0 unspecified atom stereocenters. The lowest BCUT2D eigenvalue weighted by Crippen LogP contribution is -2.38. The molecule has 22 heavy (non-hydrogen) atoms. The Morgan fingerprint density at radius 3 is 2.64 bits per heavy atom. The predicted molar refractivity (Wildman–Crippen MR) is 88.3 cm³/mol. The summed E-state index contributed by atoms with van der Waals surface area (Å²) in [6, 6.07) is 0.552. The number of nitrogens with one attached hydrogen (secondary N) is 1. The summed E-state index contributed by atoms with van der Waals surface area (Å²) in [6.45, 7) is 5.59. The zero-order valence-electron chi connectivity index (χ0n) is 13.3. The third kappa shape index (κ3) is 3.02. The molecule has 1 aromatic rings. The molecule has 5 nitrogen and oxygen atoms in total. The molecule has 120 valence electrons. The molecule has 3 rings (SSSR count). The number of allylic oxidation sites excluding steroid dienone is 1. The van der Waals surface area contributed by atoms with Crippen LogP contribution in [0, 0.1) is 4.77 Å². The minimum atomic E-state index is 0.182. The Bertz CT molecular complexity index is 633. The van der Waals surface area contributed by atoms with Crippen LogP contribution in [-0.2, 0) is 4.79 Å². The van der Waals surface area contributed by atoms with E-state index in [9.17, 15) is 4.79 Å². The molecule has 2 heterocycles. The number of H-pyrrole nitrogens is 1. The predicted octanol–water partition coefficient (Wildman–Crippen LogP) is 3.34. The molecule has 1 aliphatic carbocycles. The smallest absolute Gasteiger partial charge is 0.249 e. The molecule has 1 aliphatic heterocycles. The van der Waals surface area contributed by atoms with E-state index in [0.29, 0.717) is 12.0 Å². The van der Waals surface area contributed by atoms with Gasteiger partial charge in [-0.1, -0.05) is 13.0 Å². The van der Waals surface area contributed by atoms with Gasteiger partial charge in [0.05, 0.1) is 0 Å². The van der Waals surface area contributed by atoms with Crippen molar-refractivity contribution in [1.82, 2.24) is 19.7 Å². The Morgan fingerprint density at radius 2 is 2.05 bits per heavy atom. The molecule has 0 bridgehead atoms. The first-order chi connectivity index (χ1) is 10.6. The Balaban J connectivity index is 1.66. The highest BCUT2D eigenvalue weighted by Gasteiger charge is 2.32. The standard InChI is InChI=1S/C16H24N4OS/c1-3-4-11(2)15(21)19-9-7-12(8-10-19)14-17-18-16(22)20(14)13-5-6-13/h4,12-13H,3,5-10H2,1-2H3,(H,18,22). The molecular weight excluding hydrogens is 296 g/mol. The number of amides is 1. The first-order valence-electron chi connectivity index (χ1n) is 8.24. The molecule has 1 saturated carbocycles. The summed E-state index contributed by atoms with van der Waals surface area (Å²) in [7, 11) is 0. The van der Waals surface area contributed by atoms with E-state index in [1.54, 1.807) is 0 Å². The van der Waals surface area contributed by atoms with Crippen LogP contribution in [0.2, 0.25) is 0 Å². The Hall–Kier alpha value is -1.43. The maximum Gasteiger partial charge on any atom is 0.249 e. The number of hydrogen-bond donors (Lipinski definition) is 1. The first kappa shape index (κ1) is 15.5. The van der Waals surface area contributed by atoms with Crippen molar-refractivity contribution in [2.75, 3.05) is 13.1 Å².